The number of hydrogen-bond acceptors (Lipinski definition) is 4. The molecule has 1 aromatic heterocycles. The van der Waals surface area contributed by atoms with Crippen molar-refractivity contribution in [1.82, 2.24) is 10.3 Å². The molecule has 3 aromatic carbocycles. The van der Waals surface area contributed by atoms with Gasteiger partial charge in [0.2, 0.25) is 0 Å². The number of rotatable bonds is 8. The highest BCUT2D eigenvalue weighted by Gasteiger charge is 2.17. The van der Waals surface area contributed by atoms with Gasteiger partial charge in [-0.15, -0.1) is 0 Å². The van der Waals surface area contributed by atoms with E-state index in [2.05, 4.69) is 16.9 Å². The van der Waals surface area contributed by atoms with E-state index in [0.29, 0.717) is 40.3 Å². The fourth-order valence-electron chi connectivity index (χ4n) is 3.58. The van der Waals surface area contributed by atoms with Crippen LogP contribution in [0.25, 0.3) is 5.57 Å². The normalized spacial score (nSPS) is 10.8. The van der Waals surface area contributed by atoms with Gasteiger partial charge in [0, 0.05) is 24.2 Å². The third-order valence-corrected chi connectivity index (χ3v) is 5.45. The van der Waals surface area contributed by atoms with Gasteiger partial charge in [0.05, 0.1) is 5.69 Å². The smallest absolute Gasteiger partial charge is 0.254 e. The minimum atomic E-state index is -0.353. The molecule has 4 N–H and O–H groups in total. The molecule has 0 saturated carbocycles. The topological polar surface area (TPSA) is 74.2 Å². The van der Waals surface area contributed by atoms with Gasteiger partial charge in [-0.1, -0.05) is 49.0 Å². The third kappa shape index (κ3) is 5.28. The maximum atomic E-state index is 13.5. The van der Waals surface area contributed by atoms with Crippen LogP contribution in [-0.2, 0) is 13.1 Å². The van der Waals surface area contributed by atoms with E-state index in [-0.39, 0.29) is 23.7 Å². The van der Waals surface area contributed by atoms with E-state index < -0.39 is 0 Å². The molecule has 5 nitrogen and oxygen atoms in total. The second kappa shape index (κ2) is 10.2. The third-order valence-electron chi connectivity index (χ3n) is 5.45. The highest BCUT2D eigenvalue weighted by atomic mass is 19.1. The van der Waals surface area contributed by atoms with Crippen LogP contribution in [0.5, 0.6) is 0 Å². The summed E-state index contributed by atoms with van der Waals surface area (Å²) < 4.78 is 26.6. The second-order valence-corrected chi connectivity index (χ2v) is 7.81. The number of benzene rings is 3. The van der Waals surface area contributed by atoms with Crippen LogP contribution in [0.3, 0.4) is 0 Å². The maximum Gasteiger partial charge on any atom is 0.254 e. The molecule has 0 aliphatic rings. The number of para-hydroxylation sites is 1. The highest BCUT2D eigenvalue weighted by molar-refractivity contribution is 5.85. The molecule has 0 amide bonds. The van der Waals surface area contributed by atoms with Crippen LogP contribution >= 0.6 is 0 Å². The van der Waals surface area contributed by atoms with E-state index in [9.17, 15) is 13.6 Å². The van der Waals surface area contributed by atoms with Crippen LogP contribution in [0.15, 0.2) is 96.3 Å². The van der Waals surface area contributed by atoms with Gasteiger partial charge in [-0.25, -0.2) is 14.6 Å². The molecular formula is C27H24F2N4O. The van der Waals surface area contributed by atoms with E-state index in [4.69, 9.17) is 5.84 Å². The van der Waals surface area contributed by atoms with Crippen molar-refractivity contribution in [2.24, 2.45) is 5.84 Å². The lowest BCUT2D eigenvalue weighted by atomic mass is 9.98. The number of aromatic amines is 1. The molecule has 0 atom stereocenters. The van der Waals surface area contributed by atoms with Crippen LogP contribution < -0.4 is 21.7 Å². The van der Waals surface area contributed by atoms with Gasteiger partial charge in [0.1, 0.15) is 17.5 Å². The average Bonchev–Trinajstić information content (AvgIpc) is 2.86. The van der Waals surface area contributed by atoms with Crippen LogP contribution in [0, 0.1) is 11.6 Å². The Morgan fingerprint density at radius 2 is 1.53 bits per heavy atom. The van der Waals surface area contributed by atoms with Crippen LogP contribution in [0.1, 0.15) is 22.3 Å². The largest absolute Gasteiger partial charge is 0.308 e. The molecule has 7 heteroatoms. The Kier molecular flexibility index (Phi) is 6.96. The summed E-state index contributed by atoms with van der Waals surface area (Å²) in [5.74, 6) is 6.09. The Bertz CT molecular complexity index is 1330. The van der Waals surface area contributed by atoms with Crippen molar-refractivity contribution < 1.29 is 8.78 Å². The van der Waals surface area contributed by atoms with Gasteiger partial charge in [0.25, 0.3) is 5.56 Å². The van der Waals surface area contributed by atoms with Crippen LogP contribution in [0.4, 0.5) is 20.3 Å². The first kappa shape index (κ1) is 23.1. The van der Waals surface area contributed by atoms with Gasteiger partial charge in [-0.2, -0.15) is 0 Å². The van der Waals surface area contributed by atoms with Crippen molar-refractivity contribution in [2.75, 3.05) is 5.01 Å². The Hall–Kier alpha value is -4.07. The standard InChI is InChI=1S/C27H24F2N4O/c1-18(20-9-13-23(29)14-10-20)25-15-21(17-31-16-19-7-11-22(28)12-8-19)27(34)32-26(25)33(30)24-5-3-2-4-6-24/h2-15,31H,1,16-17,30H2,(H,32,34). The van der Waals surface area contributed by atoms with E-state index in [1.54, 1.807) is 30.3 Å². The number of anilines is 2. The van der Waals surface area contributed by atoms with E-state index in [1.807, 2.05) is 30.3 Å². The predicted octanol–water partition coefficient (Wildman–Crippen LogP) is 5.02. The molecule has 0 spiro atoms. The molecule has 0 aliphatic heterocycles. The summed E-state index contributed by atoms with van der Waals surface area (Å²) in [4.78, 5) is 15.8. The van der Waals surface area contributed by atoms with Crippen molar-refractivity contribution in [3.63, 3.8) is 0 Å². The highest BCUT2D eigenvalue weighted by Crippen LogP contribution is 2.31. The van der Waals surface area contributed by atoms with Crippen molar-refractivity contribution in [1.29, 1.82) is 0 Å². The number of nitrogens with two attached hydrogens (primary N) is 1. The SMILES string of the molecule is C=C(c1ccc(F)cc1)c1cc(CNCc2ccc(F)cc2)c(=O)[nH]c1N(N)c1ccccc1. The summed E-state index contributed by atoms with van der Waals surface area (Å²) in [6, 6.07) is 23.0. The number of nitrogens with one attached hydrogen (secondary N) is 2. The van der Waals surface area contributed by atoms with Crippen molar-refractivity contribution in [3.05, 3.63) is 136 Å². The molecular weight excluding hydrogens is 434 g/mol. The minimum absolute atomic E-state index is 0.270. The molecule has 0 saturated heterocycles. The first-order valence-electron chi connectivity index (χ1n) is 10.7. The second-order valence-electron chi connectivity index (χ2n) is 7.81. The summed E-state index contributed by atoms with van der Waals surface area (Å²) in [6.07, 6.45) is 0. The molecule has 4 aromatic rings. The molecule has 0 unspecified atom stereocenters. The molecule has 0 aliphatic carbocycles. The fraction of sp³-hybridized carbons (Fsp3) is 0.0741. The number of hydrazine groups is 1. The van der Waals surface area contributed by atoms with Gasteiger partial charge in [0.15, 0.2) is 0 Å². The minimum Gasteiger partial charge on any atom is -0.308 e. The first-order chi connectivity index (χ1) is 16.4. The number of halogens is 2. The van der Waals surface area contributed by atoms with E-state index in [1.165, 1.54) is 29.3 Å². The molecule has 0 bridgehead atoms. The maximum absolute atomic E-state index is 13.5. The number of nitrogens with zero attached hydrogens (tertiary/aromatic N) is 1. The fourth-order valence-corrected chi connectivity index (χ4v) is 3.58. The molecule has 34 heavy (non-hydrogen) atoms. The lowest BCUT2D eigenvalue weighted by Crippen LogP contribution is -2.31. The Labute approximate surface area is 196 Å². The van der Waals surface area contributed by atoms with Crippen LogP contribution in [0.2, 0.25) is 0 Å². The van der Waals surface area contributed by atoms with Crippen LogP contribution in [-0.4, -0.2) is 4.98 Å². The molecule has 0 radical (unpaired) electrons. The number of hydrogen-bond donors (Lipinski definition) is 3. The zero-order valence-corrected chi connectivity index (χ0v) is 18.4. The molecule has 0 fully saturated rings. The lowest BCUT2D eigenvalue weighted by Gasteiger charge is -2.23. The summed E-state index contributed by atoms with van der Waals surface area (Å²) in [6.45, 7) is 4.92. The quantitative estimate of drug-likeness (QED) is 0.256. The Balaban J connectivity index is 1.67. The van der Waals surface area contributed by atoms with E-state index in [0.717, 1.165) is 5.56 Å². The zero-order chi connectivity index (χ0) is 24.1. The van der Waals surface area contributed by atoms with Gasteiger partial charge in [-0.05, 0) is 59.2 Å². The van der Waals surface area contributed by atoms with Gasteiger partial charge in [-0.3, -0.25) is 9.80 Å². The predicted molar refractivity (Wildman–Crippen MR) is 131 cm³/mol. The number of aromatic nitrogens is 1. The lowest BCUT2D eigenvalue weighted by molar-refractivity contribution is 0.624. The summed E-state index contributed by atoms with van der Waals surface area (Å²) in [5, 5.41) is 4.60. The van der Waals surface area contributed by atoms with Crippen molar-refractivity contribution >= 4 is 17.1 Å². The summed E-state index contributed by atoms with van der Waals surface area (Å²) in [5.41, 5.74) is 3.63. The number of H-pyrrole nitrogens is 1. The first-order valence-corrected chi connectivity index (χ1v) is 10.7. The van der Waals surface area contributed by atoms with Crippen molar-refractivity contribution in [3.8, 4) is 0 Å². The van der Waals surface area contributed by atoms with Crippen molar-refractivity contribution in [2.45, 2.75) is 13.1 Å². The van der Waals surface area contributed by atoms with Gasteiger partial charge < -0.3 is 10.3 Å². The average molecular weight is 459 g/mol. The monoisotopic (exact) mass is 458 g/mol. The molecule has 172 valence electrons. The Morgan fingerprint density at radius 1 is 0.912 bits per heavy atom. The summed E-state index contributed by atoms with van der Waals surface area (Å²) in [7, 11) is 0. The van der Waals surface area contributed by atoms with E-state index >= 15 is 0 Å². The molecule has 1 heterocycles. The van der Waals surface area contributed by atoms with Gasteiger partial charge >= 0.3 is 0 Å². The Morgan fingerprint density at radius 3 is 2.18 bits per heavy atom. The molecule has 4 rings (SSSR count). The number of pyridine rings is 1. The summed E-state index contributed by atoms with van der Waals surface area (Å²) >= 11 is 0. The zero-order valence-electron chi connectivity index (χ0n) is 18.4.